The number of hydrogen-bond acceptors (Lipinski definition) is 4. The van der Waals surface area contributed by atoms with Gasteiger partial charge in [0, 0.05) is 23.9 Å². The molecule has 0 unspecified atom stereocenters. The molecule has 4 aliphatic heterocycles. The normalized spacial score (nSPS) is 17.7. The maximum atomic E-state index is 4.90. The minimum absolute atomic E-state index is 0. The van der Waals surface area contributed by atoms with E-state index < -0.39 is 0 Å². The Morgan fingerprint density at radius 1 is 0.417 bits per heavy atom. The van der Waals surface area contributed by atoms with Crippen LogP contribution >= 0.6 is 0 Å². The van der Waals surface area contributed by atoms with Crippen LogP contribution in [0.1, 0.15) is 186 Å². The second-order valence-corrected chi connectivity index (χ2v) is 19.7. The minimum Gasteiger partial charge on any atom is -0.664 e. The fourth-order valence-corrected chi connectivity index (χ4v) is 10.9. The van der Waals surface area contributed by atoms with Crippen molar-refractivity contribution in [2.45, 2.75) is 175 Å². The van der Waals surface area contributed by atoms with E-state index >= 15 is 0 Å². The number of hydrogen-bond donors (Lipinski definition) is 0. The smallest absolute Gasteiger partial charge is 0.664 e. The summed E-state index contributed by atoms with van der Waals surface area (Å²) < 4.78 is 0. The second-order valence-electron chi connectivity index (χ2n) is 19.7. The van der Waals surface area contributed by atoms with E-state index in [-0.39, 0.29) is 39.0 Å². The van der Waals surface area contributed by atoms with E-state index in [2.05, 4.69) is 155 Å². The molecule has 4 aromatic rings. The van der Waals surface area contributed by atoms with E-state index in [1.165, 1.54) is 89.1 Å². The van der Waals surface area contributed by atoms with E-state index in [1.807, 2.05) is 24.8 Å². The molecule has 4 aliphatic rings. The Balaban J connectivity index is 0.000000260. The first kappa shape index (κ1) is 57.9. The molecule has 0 fully saturated rings. The number of aliphatic imine (C=N–C) groups is 4. The van der Waals surface area contributed by atoms with Crippen molar-refractivity contribution in [3.63, 3.8) is 0 Å². The Kier molecular flexibility index (Phi) is 20.3. The van der Waals surface area contributed by atoms with Crippen LogP contribution in [0.25, 0.3) is 24.3 Å². The standard InChI is InChI=1S/2C31H38N4.2Zn/c2*1-9-24-18(3)16-32-30(24)14-28-20(5)26(22(7)34-28)12-11-13-27-21(6)29(35-23(27)8)15-31-25(10-2)19(4)17-33-31;;/h2*14-17H,9-13H2,1-8H3;;/q2*-2;2*+2/b2*28-14-,31-15+;;. The molecule has 4 aromatic heterocycles. The summed E-state index contributed by atoms with van der Waals surface area (Å²) in [7, 11) is 0. The largest absolute Gasteiger partial charge is 2.00 e. The number of aryl methyl sites for hydroxylation is 4. The molecule has 8 heterocycles. The van der Waals surface area contributed by atoms with Gasteiger partial charge in [-0.1, -0.05) is 110 Å². The molecule has 72 heavy (non-hydrogen) atoms. The second kappa shape index (κ2) is 25.3. The summed E-state index contributed by atoms with van der Waals surface area (Å²) in [4.78, 5) is 38.1. The summed E-state index contributed by atoms with van der Waals surface area (Å²) in [6.07, 6.45) is 26.8. The third-order valence-corrected chi connectivity index (χ3v) is 15.2. The Labute approximate surface area is 457 Å². The topological polar surface area (TPSA) is 106 Å². The van der Waals surface area contributed by atoms with Crippen LogP contribution in [-0.4, -0.2) is 23.9 Å². The molecule has 0 atom stereocenters. The molecule has 8 rings (SSSR count). The molecule has 0 N–H and O–H groups in total. The fraction of sp³-hybridized carbons (Fsp3) is 0.419. The van der Waals surface area contributed by atoms with Crippen LogP contribution in [-0.2, 0) is 64.6 Å². The van der Waals surface area contributed by atoms with Gasteiger partial charge in [-0.3, -0.25) is 20.0 Å². The van der Waals surface area contributed by atoms with Crippen molar-refractivity contribution >= 4 is 48.2 Å². The van der Waals surface area contributed by atoms with Gasteiger partial charge in [0.2, 0.25) is 0 Å². The molecular formula is C62H76N8Zn2. The monoisotopic (exact) mass is 1060 g/mol. The molecule has 0 radical (unpaired) electrons. The van der Waals surface area contributed by atoms with Gasteiger partial charge in [0.05, 0.1) is 22.8 Å². The first-order chi connectivity index (χ1) is 33.5. The van der Waals surface area contributed by atoms with Gasteiger partial charge in [-0.05, 0) is 178 Å². The first-order valence-corrected chi connectivity index (χ1v) is 25.8. The van der Waals surface area contributed by atoms with Crippen molar-refractivity contribution in [3.05, 3.63) is 158 Å². The van der Waals surface area contributed by atoms with Crippen molar-refractivity contribution < 1.29 is 39.0 Å². The molecule has 0 aliphatic carbocycles. The van der Waals surface area contributed by atoms with Crippen LogP contribution in [0, 0.1) is 41.5 Å². The maximum absolute atomic E-state index is 4.90. The Morgan fingerprint density at radius 2 is 0.778 bits per heavy atom. The van der Waals surface area contributed by atoms with E-state index in [9.17, 15) is 0 Å². The van der Waals surface area contributed by atoms with E-state index in [0.717, 1.165) is 133 Å². The van der Waals surface area contributed by atoms with Crippen molar-refractivity contribution in [1.82, 2.24) is 19.9 Å². The summed E-state index contributed by atoms with van der Waals surface area (Å²) in [5, 5.41) is 0. The van der Waals surface area contributed by atoms with E-state index in [4.69, 9.17) is 20.0 Å². The summed E-state index contributed by atoms with van der Waals surface area (Å²) in [6, 6.07) is 0. The van der Waals surface area contributed by atoms with Crippen LogP contribution in [0.5, 0.6) is 0 Å². The van der Waals surface area contributed by atoms with Crippen LogP contribution in [0.15, 0.2) is 99.7 Å². The van der Waals surface area contributed by atoms with Crippen molar-refractivity contribution in [3.8, 4) is 0 Å². The Morgan fingerprint density at radius 3 is 1.12 bits per heavy atom. The van der Waals surface area contributed by atoms with E-state index in [1.54, 1.807) is 0 Å². The molecule has 0 saturated heterocycles. The van der Waals surface area contributed by atoms with Gasteiger partial charge in [0.25, 0.3) is 0 Å². The van der Waals surface area contributed by atoms with Crippen molar-refractivity contribution in [2.75, 3.05) is 0 Å². The van der Waals surface area contributed by atoms with Crippen LogP contribution in [0.3, 0.4) is 0 Å². The molecule has 0 saturated carbocycles. The van der Waals surface area contributed by atoms with Gasteiger partial charge in [-0.2, -0.15) is 23.8 Å². The van der Waals surface area contributed by atoms with Crippen LogP contribution < -0.4 is 19.9 Å². The Bertz CT molecular complexity index is 2880. The van der Waals surface area contributed by atoms with E-state index in [0.29, 0.717) is 0 Å². The molecule has 0 bridgehead atoms. The average Bonchev–Trinajstić information content (AvgIpc) is 4.22. The molecule has 368 valence electrons. The fourth-order valence-electron chi connectivity index (χ4n) is 10.9. The summed E-state index contributed by atoms with van der Waals surface area (Å²) in [5.74, 6) is 0. The van der Waals surface area contributed by atoms with Gasteiger partial charge in [-0.15, -0.1) is 22.8 Å². The van der Waals surface area contributed by atoms with Gasteiger partial charge in [-0.25, -0.2) is 0 Å². The third kappa shape index (κ3) is 12.3. The van der Waals surface area contributed by atoms with Crippen molar-refractivity contribution in [1.29, 1.82) is 0 Å². The summed E-state index contributed by atoms with van der Waals surface area (Å²) in [6.45, 7) is 34.7. The summed E-state index contributed by atoms with van der Waals surface area (Å²) >= 11 is 0. The number of aromatic nitrogens is 4. The van der Waals surface area contributed by atoms with Gasteiger partial charge >= 0.3 is 39.0 Å². The Hall–Kier alpha value is -5.03. The average molecular weight is 1060 g/mol. The first-order valence-electron chi connectivity index (χ1n) is 25.8. The molecule has 0 spiro atoms. The third-order valence-electron chi connectivity index (χ3n) is 15.2. The number of rotatable bonds is 16. The van der Waals surface area contributed by atoms with Crippen molar-refractivity contribution in [2.24, 2.45) is 20.0 Å². The SMILES string of the molecule is CCC1=C(C)C=N/C1=C/c1[n-]c(C)c(CCCC2=C(C)/C(=C/c3[n-]cc(C)c3CC)N=C2C)c1C.CCC1=C(C)C=N/C1=C/c1[n-]c(C)c(CCCC2=C(C)/C(=C/c3[n-]cc(C)c3CC)N=C2C)c1C.[Zn+2].[Zn+2]. The summed E-state index contributed by atoms with van der Waals surface area (Å²) in [5.41, 5.74) is 34.1. The van der Waals surface area contributed by atoms with Gasteiger partial charge in [0.15, 0.2) is 0 Å². The predicted molar refractivity (Wildman–Crippen MR) is 299 cm³/mol. The minimum atomic E-state index is 0. The van der Waals surface area contributed by atoms with Gasteiger partial charge in [0.1, 0.15) is 0 Å². The molecule has 8 nitrogen and oxygen atoms in total. The molecule has 0 amide bonds. The molecule has 10 heteroatoms. The molecule has 0 aromatic carbocycles. The zero-order chi connectivity index (χ0) is 50.6. The predicted octanol–water partition coefficient (Wildman–Crippen LogP) is 14.8. The quantitative estimate of drug-likeness (QED) is 0.104. The maximum Gasteiger partial charge on any atom is 2.00 e. The number of allylic oxidation sites excluding steroid dienone is 8. The molecular weight excluding hydrogens is 988 g/mol. The number of nitrogens with zero attached hydrogens (tertiary/aromatic N) is 8. The van der Waals surface area contributed by atoms with Gasteiger partial charge < -0.3 is 19.9 Å². The zero-order valence-corrected chi connectivity index (χ0v) is 52.6. The van der Waals surface area contributed by atoms with Crippen LogP contribution in [0.2, 0.25) is 0 Å². The van der Waals surface area contributed by atoms with Crippen LogP contribution in [0.4, 0.5) is 0 Å². The zero-order valence-electron chi connectivity index (χ0n) is 46.7.